The number of nitrogens with one attached hydrogen (secondary N) is 1. The van der Waals surface area contributed by atoms with Crippen molar-refractivity contribution in [3.05, 3.63) is 51.9 Å². The second-order valence-electron chi connectivity index (χ2n) is 4.66. The molecule has 4 nitrogen and oxygen atoms in total. The van der Waals surface area contributed by atoms with Gasteiger partial charge in [0.2, 0.25) is 0 Å². The fraction of sp³-hybridized carbons (Fsp3) is 0.286. The molecule has 2 aromatic rings. The zero-order chi connectivity index (χ0) is 13.8. The van der Waals surface area contributed by atoms with Crippen LogP contribution in [0, 0.1) is 0 Å². The number of thioether (sulfide) groups is 1. The molecule has 1 aromatic carbocycles. The average Bonchev–Trinajstić information content (AvgIpc) is 2.37. The highest BCUT2D eigenvalue weighted by Gasteiger charge is 2.06. The Bertz CT molecular complexity index is 605. The number of aromatic amines is 1. The van der Waals surface area contributed by atoms with Crippen LogP contribution in [0.15, 0.2) is 40.3 Å². The van der Waals surface area contributed by atoms with Crippen LogP contribution in [-0.2, 0) is 5.75 Å². The number of nitrogen functional groups attached to an aromatic ring is 1. The molecule has 0 saturated heterocycles. The lowest BCUT2D eigenvalue weighted by atomic mass is 10.1. The van der Waals surface area contributed by atoms with Crippen molar-refractivity contribution in [2.45, 2.75) is 30.7 Å². The van der Waals surface area contributed by atoms with Crippen LogP contribution in [0.5, 0.6) is 0 Å². The summed E-state index contributed by atoms with van der Waals surface area (Å²) in [6.45, 7) is 4.05. The predicted molar refractivity (Wildman–Crippen MR) is 79.4 cm³/mol. The van der Waals surface area contributed by atoms with E-state index in [-0.39, 0.29) is 11.5 Å². The second-order valence-corrected chi connectivity index (χ2v) is 5.62. The fourth-order valence-corrected chi connectivity index (χ4v) is 2.42. The van der Waals surface area contributed by atoms with Crippen molar-refractivity contribution in [2.24, 2.45) is 0 Å². The highest BCUT2D eigenvalue weighted by Crippen LogP contribution is 2.20. The molecule has 0 fully saturated rings. The summed E-state index contributed by atoms with van der Waals surface area (Å²) in [4.78, 5) is 18.8. The number of benzene rings is 1. The smallest absolute Gasteiger partial charge is 0.251 e. The average molecular weight is 275 g/mol. The third-order valence-electron chi connectivity index (χ3n) is 2.69. The summed E-state index contributed by atoms with van der Waals surface area (Å²) in [5, 5.41) is 0.660. The Kier molecular flexibility index (Phi) is 4.27. The van der Waals surface area contributed by atoms with Crippen LogP contribution in [0.25, 0.3) is 0 Å². The zero-order valence-corrected chi connectivity index (χ0v) is 11.8. The van der Waals surface area contributed by atoms with Gasteiger partial charge in [-0.25, -0.2) is 4.98 Å². The van der Waals surface area contributed by atoms with Crippen LogP contribution in [-0.4, -0.2) is 9.97 Å². The van der Waals surface area contributed by atoms with Crippen LogP contribution in [0.2, 0.25) is 0 Å². The number of H-pyrrole nitrogens is 1. The molecular weight excluding hydrogens is 258 g/mol. The Labute approximate surface area is 116 Å². The molecule has 0 atom stereocenters. The minimum absolute atomic E-state index is 0.0986. The lowest BCUT2D eigenvalue weighted by Crippen LogP contribution is -2.10. The van der Waals surface area contributed by atoms with Gasteiger partial charge in [-0.15, -0.1) is 0 Å². The summed E-state index contributed by atoms with van der Waals surface area (Å²) in [6, 6.07) is 9.25. The van der Waals surface area contributed by atoms with Crippen LogP contribution in [0.4, 0.5) is 5.69 Å². The van der Waals surface area contributed by atoms with E-state index in [2.05, 4.69) is 9.97 Å². The van der Waals surface area contributed by atoms with Crippen LogP contribution in [0.1, 0.15) is 31.0 Å². The van der Waals surface area contributed by atoms with Gasteiger partial charge in [-0.1, -0.05) is 37.7 Å². The van der Waals surface area contributed by atoms with Gasteiger partial charge in [-0.05, 0) is 23.6 Å². The minimum Gasteiger partial charge on any atom is -0.399 e. The van der Waals surface area contributed by atoms with Crippen molar-refractivity contribution in [1.82, 2.24) is 9.97 Å². The summed E-state index contributed by atoms with van der Waals surface area (Å²) in [7, 11) is 0. The number of nitrogens with two attached hydrogens (primary N) is 1. The number of hydrogen-bond donors (Lipinski definition) is 2. The summed E-state index contributed by atoms with van der Waals surface area (Å²) < 4.78 is 0. The van der Waals surface area contributed by atoms with E-state index in [9.17, 15) is 4.79 Å². The highest BCUT2D eigenvalue weighted by molar-refractivity contribution is 7.98. The topological polar surface area (TPSA) is 71.8 Å². The largest absolute Gasteiger partial charge is 0.399 e. The molecule has 1 aromatic heterocycles. The molecular formula is C14H17N3OS. The summed E-state index contributed by atoms with van der Waals surface area (Å²) in [5.41, 5.74) is 8.27. The minimum atomic E-state index is -0.0986. The SMILES string of the molecule is CC(C)c1cc(=O)[nH]c(SCc2ccc(N)cc2)n1. The third-order valence-corrected chi connectivity index (χ3v) is 3.63. The van der Waals surface area contributed by atoms with Crippen molar-refractivity contribution in [2.75, 3.05) is 5.73 Å². The fourth-order valence-electron chi connectivity index (χ4n) is 1.58. The number of aromatic nitrogens is 2. The highest BCUT2D eigenvalue weighted by atomic mass is 32.2. The van der Waals surface area contributed by atoms with E-state index >= 15 is 0 Å². The Morgan fingerprint density at radius 3 is 2.63 bits per heavy atom. The van der Waals surface area contributed by atoms with Gasteiger partial charge in [-0.3, -0.25) is 4.79 Å². The zero-order valence-electron chi connectivity index (χ0n) is 11.0. The molecule has 19 heavy (non-hydrogen) atoms. The summed E-state index contributed by atoms with van der Waals surface area (Å²) >= 11 is 1.52. The molecule has 0 aliphatic rings. The number of nitrogens with zero attached hydrogens (tertiary/aromatic N) is 1. The molecule has 0 radical (unpaired) electrons. The monoisotopic (exact) mass is 275 g/mol. The molecule has 0 amide bonds. The molecule has 0 aliphatic heterocycles. The summed E-state index contributed by atoms with van der Waals surface area (Å²) in [5.74, 6) is 1.00. The third kappa shape index (κ3) is 3.86. The maximum Gasteiger partial charge on any atom is 0.251 e. The Morgan fingerprint density at radius 2 is 2.00 bits per heavy atom. The molecule has 0 bridgehead atoms. The van der Waals surface area contributed by atoms with Gasteiger partial charge in [0.05, 0.1) is 5.69 Å². The first-order chi connectivity index (χ1) is 9.04. The van der Waals surface area contributed by atoms with Gasteiger partial charge in [0, 0.05) is 17.5 Å². The van der Waals surface area contributed by atoms with E-state index in [1.165, 1.54) is 11.8 Å². The van der Waals surface area contributed by atoms with E-state index in [4.69, 9.17) is 5.73 Å². The first kappa shape index (κ1) is 13.7. The van der Waals surface area contributed by atoms with E-state index in [0.717, 1.165) is 22.7 Å². The molecule has 5 heteroatoms. The standard InChI is InChI=1S/C14H17N3OS/c1-9(2)12-7-13(18)17-14(16-12)19-8-10-3-5-11(15)6-4-10/h3-7,9H,8,15H2,1-2H3,(H,16,17,18). The number of anilines is 1. The van der Waals surface area contributed by atoms with Gasteiger partial charge in [0.25, 0.3) is 5.56 Å². The first-order valence-corrected chi connectivity index (χ1v) is 7.11. The van der Waals surface area contributed by atoms with Crippen molar-refractivity contribution in [1.29, 1.82) is 0 Å². The van der Waals surface area contributed by atoms with Crippen LogP contribution >= 0.6 is 11.8 Å². The van der Waals surface area contributed by atoms with E-state index in [1.807, 2.05) is 38.1 Å². The predicted octanol–water partition coefficient (Wildman–Crippen LogP) is 2.77. The molecule has 1 heterocycles. The van der Waals surface area contributed by atoms with Gasteiger partial charge in [0.1, 0.15) is 0 Å². The van der Waals surface area contributed by atoms with E-state index < -0.39 is 0 Å². The summed E-state index contributed by atoms with van der Waals surface area (Å²) in [6.07, 6.45) is 0. The Hall–Kier alpha value is -1.75. The van der Waals surface area contributed by atoms with Crippen molar-refractivity contribution in [3.8, 4) is 0 Å². The Morgan fingerprint density at radius 1 is 1.32 bits per heavy atom. The molecule has 0 aliphatic carbocycles. The van der Waals surface area contributed by atoms with E-state index in [0.29, 0.717) is 5.16 Å². The van der Waals surface area contributed by atoms with Crippen molar-refractivity contribution >= 4 is 17.4 Å². The second kappa shape index (κ2) is 5.93. The lowest BCUT2D eigenvalue weighted by Gasteiger charge is -2.06. The molecule has 2 rings (SSSR count). The van der Waals surface area contributed by atoms with Gasteiger partial charge >= 0.3 is 0 Å². The van der Waals surface area contributed by atoms with Crippen LogP contribution < -0.4 is 11.3 Å². The maximum atomic E-state index is 11.5. The molecule has 0 spiro atoms. The number of hydrogen-bond acceptors (Lipinski definition) is 4. The van der Waals surface area contributed by atoms with Gasteiger partial charge in [-0.2, -0.15) is 0 Å². The maximum absolute atomic E-state index is 11.5. The quantitative estimate of drug-likeness (QED) is 0.511. The first-order valence-electron chi connectivity index (χ1n) is 6.13. The molecule has 3 N–H and O–H groups in total. The molecule has 0 saturated carbocycles. The van der Waals surface area contributed by atoms with Crippen LogP contribution in [0.3, 0.4) is 0 Å². The van der Waals surface area contributed by atoms with Gasteiger partial charge < -0.3 is 10.7 Å². The van der Waals surface area contributed by atoms with Crippen molar-refractivity contribution < 1.29 is 0 Å². The lowest BCUT2D eigenvalue weighted by molar-refractivity contribution is 0.769. The molecule has 0 unspecified atom stereocenters. The Balaban J connectivity index is 2.11. The normalized spacial score (nSPS) is 10.9. The van der Waals surface area contributed by atoms with Gasteiger partial charge in [0.15, 0.2) is 5.16 Å². The van der Waals surface area contributed by atoms with Crippen molar-refractivity contribution in [3.63, 3.8) is 0 Å². The number of rotatable bonds is 4. The van der Waals surface area contributed by atoms with E-state index in [1.54, 1.807) is 6.07 Å². The molecule has 100 valence electrons.